The van der Waals surface area contributed by atoms with Crippen molar-refractivity contribution < 1.29 is 0 Å². The van der Waals surface area contributed by atoms with E-state index in [1.54, 1.807) is 0 Å². The van der Waals surface area contributed by atoms with Gasteiger partial charge in [-0.05, 0) is 12.5 Å². The van der Waals surface area contributed by atoms with Gasteiger partial charge in [0.25, 0.3) is 0 Å². The molecule has 3 heteroatoms. The predicted octanol–water partition coefficient (Wildman–Crippen LogP) is 0.824. The molecule has 0 radical (unpaired) electrons. The van der Waals surface area contributed by atoms with E-state index in [1.807, 2.05) is 6.08 Å². The molecule has 1 atom stereocenters. The largest absolute Gasteiger partial charge is 0.399 e. The van der Waals surface area contributed by atoms with E-state index in [9.17, 15) is 0 Å². The summed E-state index contributed by atoms with van der Waals surface area (Å²) in [6.07, 6.45) is 7.23. The zero-order valence-electron chi connectivity index (χ0n) is 9.08. The maximum absolute atomic E-state index is 5.70. The molecule has 0 aromatic heterocycles. The summed E-state index contributed by atoms with van der Waals surface area (Å²) in [4.78, 5) is 2.38. The minimum absolute atomic E-state index is 0.440. The Hall–Kier alpha value is -1.22. The SMILES string of the molecule is C=C(C1C=CC(N)=CC1)N1CCNCC1. The highest BCUT2D eigenvalue weighted by Crippen LogP contribution is 2.23. The first-order chi connectivity index (χ1) is 7.27. The lowest BCUT2D eigenvalue weighted by Gasteiger charge is -2.34. The Labute approximate surface area is 91.3 Å². The van der Waals surface area contributed by atoms with Crippen molar-refractivity contribution in [1.82, 2.24) is 10.2 Å². The molecule has 0 bridgehead atoms. The average molecular weight is 205 g/mol. The second kappa shape index (κ2) is 4.53. The molecule has 1 aliphatic carbocycles. The lowest BCUT2D eigenvalue weighted by Crippen LogP contribution is -2.43. The number of nitrogens with one attached hydrogen (secondary N) is 1. The molecule has 1 unspecified atom stereocenters. The van der Waals surface area contributed by atoms with Crippen molar-refractivity contribution in [2.75, 3.05) is 26.2 Å². The van der Waals surface area contributed by atoms with Crippen LogP contribution in [0.3, 0.4) is 0 Å². The molecule has 0 amide bonds. The molecular formula is C12H19N3. The molecule has 2 rings (SSSR count). The Bertz CT molecular complexity index is 298. The van der Waals surface area contributed by atoms with Crippen LogP contribution in [-0.4, -0.2) is 31.1 Å². The molecule has 0 aromatic carbocycles. The zero-order valence-corrected chi connectivity index (χ0v) is 9.08. The second-order valence-corrected chi connectivity index (χ2v) is 4.13. The predicted molar refractivity (Wildman–Crippen MR) is 63.1 cm³/mol. The normalized spacial score (nSPS) is 26.3. The number of nitrogens with two attached hydrogens (primary N) is 1. The van der Waals surface area contributed by atoms with Crippen LogP contribution in [0, 0.1) is 5.92 Å². The number of piperazine rings is 1. The highest BCUT2D eigenvalue weighted by molar-refractivity contribution is 5.25. The van der Waals surface area contributed by atoms with Gasteiger partial charge in [0.1, 0.15) is 0 Å². The van der Waals surface area contributed by atoms with Crippen LogP contribution in [0.1, 0.15) is 6.42 Å². The summed E-state index contributed by atoms with van der Waals surface area (Å²) < 4.78 is 0. The molecule has 1 fully saturated rings. The standard InChI is InChI=1S/C12H19N3/c1-10(15-8-6-14-7-9-15)11-2-4-12(13)5-3-11/h2,4-5,11,14H,1,3,6-9,13H2. The number of hydrogen-bond donors (Lipinski definition) is 2. The first kappa shape index (κ1) is 10.3. The van der Waals surface area contributed by atoms with Gasteiger partial charge in [-0.25, -0.2) is 0 Å². The Balaban J connectivity index is 1.93. The maximum atomic E-state index is 5.70. The minimum Gasteiger partial charge on any atom is -0.399 e. The van der Waals surface area contributed by atoms with E-state index in [0.29, 0.717) is 5.92 Å². The van der Waals surface area contributed by atoms with E-state index in [2.05, 4.69) is 28.9 Å². The molecule has 82 valence electrons. The topological polar surface area (TPSA) is 41.3 Å². The van der Waals surface area contributed by atoms with Crippen molar-refractivity contribution >= 4 is 0 Å². The first-order valence-corrected chi connectivity index (χ1v) is 5.55. The molecule has 2 aliphatic rings. The van der Waals surface area contributed by atoms with Gasteiger partial charge in [-0.2, -0.15) is 0 Å². The first-order valence-electron chi connectivity index (χ1n) is 5.55. The van der Waals surface area contributed by atoms with E-state index >= 15 is 0 Å². The van der Waals surface area contributed by atoms with Crippen LogP contribution < -0.4 is 11.1 Å². The summed E-state index contributed by atoms with van der Waals surface area (Å²) in [6.45, 7) is 8.47. The smallest absolute Gasteiger partial charge is 0.0300 e. The van der Waals surface area contributed by atoms with Crippen LogP contribution in [-0.2, 0) is 0 Å². The van der Waals surface area contributed by atoms with Crippen molar-refractivity contribution in [3.05, 3.63) is 36.2 Å². The summed E-state index contributed by atoms with van der Waals surface area (Å²) in [6, 6.07) is 0. The fourth-order valence-electron chi connectivity index (χ4n) is 2.07. The van der Waals surface area contributed by atoms with Gasteiger partial charge < -0.3 is 16.0 Å². The van der Waals surface area contributed by atoms with E-state index < -0.39 is 0 Å². The Morgan fingerprint density at radius 2 is 2.20 bits per heavy atom. The minimum atomic E-state index is 0.440. The third-order valence-electron chi connectivity index (χ3n) is 3.08. The maximum Gasteiger partial charge on any atom is 0.0300 e. The van der Waals surface area contributed by atoms with E-state index in [1.165, 1.54) is 5.70 Å². The van der Waals surface area contributed by atoms with Crippen molar-refractivity contribution in [3.8, 4) is 0 Å². The molecule has 0 saturated carbocycles. The second-order valence-electron chi connectivity index (χ2n) is 4.13. The number of nitrogens with zero attached hydrogens (tertiary/aromatic N) is 1. The third-order valence-corrected chi connectivity index (χ3v) is 3.08. The third kappa shape index (κ3) is 2.42. The summed E-state index contributed by atoms with van der Waals surface area (Å²) in [5, 5.41) is 3.35. The number of rotatable bonds is 2. The zero-order chi connectivity index (χ0) is 10.7. The van der Waals surface area contributed by atoms with E-state index in [-0.39, 0.29) is 0 Å². The van der Waals surface area contributed by atoms with Crippen LogP contribution in [0.25, 0.3) is 0 Å². The molecule has 0 spiro atoms. The van der Waals surface area contributed by atoms with Crippen LogP contribution in [0.15, 0.2) is 36.2 Å². The van der Waals surface area contributed by atoms with Gasteiger partial charge in [0, 0.05) is 43.5 Å². The molecule has 0 aromatic rings. The molecule has 3 N–H and O–H groups in total. The van der Waals surface area contributed by atoms with E-state index in [4.69, 9.17) is 5.73 Å². The Morgan fingerprint density at radius 1 is 1.47 bits per heavy atom. The fraction of sp³-hybridized carbons (Fsp3) is 0.500. The van der Waals surface area contributed by atoms with Gasteiger partial charge in [0.05, 0.1) is 0 Å². The van der Waals surface area contributed by atoms with Crippen LogP contribution in [0.4, 0.5) is 0 Å². The summed E-state index contributed by atoms with van der Waals surface area (Å²) in [5.74, 6) is 0.440. The highest BCUT2D eigenvalue weighted by Gasteiger charge is 2.18. The van der Waals surface area contributed by atoms with Gasteiger partial charge in [-0.3, -0.25) is 0 Å². The van der Waals surface area contributed by atoms with Gasteiger partial charge in [0.15, 0.2) is 0 Å². The van der Waals surface area contributed by atoms with Crippen LogP contribution in [0.5, 0.6) is 0 Å². The summed E-state index contributed by atoms with van der Waals surface area (Å²) in [7, 11) is 0. The highest BCUT2D eigenvalue weighted by atomic mass is 15.2. The molecule has 15 heavy (non-hydrogen) atoms. The summed E-state index contributed by atoms with van der Waals surface area (Å²) in [5.41, 5.74) is 7.80. The fourth-order valence-corrected chi connectivity index (χ4v) is 2.07. The van der Waals surface area contributed by atoms with Crippen molar-refractivity contribution in [2.45, 2.75) is 6.42 Å². The average Bonchev–Trinajstić information content (AvgIpc) is 2.30. The molecule has 1 heterocycles. The van der Waals surface area contributed by atoms with Gasteiger partial charge >= 0.3 is 0 Å². The Morgan fingerprint density at radius 3 is 2.80 bits per heavy atom. The lowest BCUT2D eigenvalue weighted by atomic mass is 9.95. The van der Waals surface area contributed by atoms with Crippen LogP contribution >= 0.6 is 0 Å². The number of allylic oxidation sites excluding steroid dienone is 3. The molecule has 1 aliphatic heterocycles. The quantitative estimate of drug-likeness (QED) is 0.701. The number of hydrogen-bond acceptors (Lipinski definition) is 3. The van der Waals surface area contributed by atoms with E-state index in [0.717, 1.165) is 38.3 Å². The summed E-state index contributed by atoms with van der Waals surface area (Å²) >= 11 is 0. The van der Waals surface area contributed by atoms with Gasteiger partial charge in [0.2, 0.25) is 0 Å². The molecular weight excluding hydrogens is 186 g/mol. The monoisotopic (exact) mass is 205 g/mol. The molecule has 1 saturated heterocycles. The van der Waals surface area contributed by atoms with Crippen molar-refractivity contribution in [2.24, 2.45) is 11.7 Å². The Kier molecular flexibility index (Phi) is 3.11. The van der Waals surface area contributed by atoms with Crippen LogP contribution in [0.2, 0.25) is 0 Å². The van der Waals surface area contributed by atoms with Gasteiger partial charge in [-0.15, -0.1) is 0 Å². The van der Waals surface area contributed by atoms with Crippen molar-refractivity contribution in [1.29, 1.82) is 0 Å². The van der Waals surface area contributed by atoms with Crippen molar-refractivity contribution in [3.63, 3.8) is 0 Å². The molecule has 3 nitrogen and oxygen atoms in total. The van der Waals surface area contributed by atoms with Gasteiger partial charge in [-0.1, -0.05) is 18.7 Å². The lowest BCUT2D eigenvalue weighted by molar-refractivity contribution is 0.278.